The summed E-state index contributed by atoms with van der Waals surface area (Å²) in [7, 11) is 0. The average Bonchev–Trinajstić information content (AvgIpc) is 2.87. The number of rotatable bonds is 2. The van der Waals surface area contributed by atoms with Crippen LogP contribution in [0, 0.1) is 11.2 Å². The lowest BCUT2D eigenvalue weighted by molar-refractivity contribution is -0.138. The normalized spacial score (nSPS) is 26.5. The highest BCUT2D eigenvalue weighted by Gasteiger charge is 2.41. The molecule has 1 unspecified atom stereocenters. The standard InChI is InChI=1S/C15H17ClFNO2/c16-12-2-1-3-13(17)11(12)8-18-9-15(5-4-14(18)19)6-7-20-10-15/h1-3H,4-10H2. The lowest BCUT2D eigenvalue weighted by Crippen LogP contribution is -2.46. The van der Waals surface area contributed by atoms with Crippen molar-refractivity contribution in [3.8, 4) is 0 Å². The van der Waals surface area contributed by atoms with Crippen LogP contribution < -0.4 is 0 Å². The van der Waals surface area contributed by atoms with Gasteiger partial charge in [-0.05, 0) is 25.0 Å². The summed E-state index contributed by atoms with van der Waals surface area (Å²) in [6, 6.07) is 4.61. The maximum absolute atomic E-state index is 13.9. The first-order valence-corrected chi connectivity index (χ1v) is 7.26. The highest BCUT2D eigenvalue weighted by molar-refractivity contribution is 6.31. The van der Waals surface area contributed by atoms with Gasteiger partial charge in [-0.2, -0.15) is 0 Å². The smallest absolute Gasteiger partial charge is 0.222 e. The Morgan fingerprint density at radius 1 is 1.40 bits per heavy atom. The molecule has 1 amide bonds. The molecule has 0 saturated carbocycles. The maximum atomic E-state index is 13.9. The van der Waals surface area contributed by atoms with Gasteiger partial charge in [0.2, 0.25) is 5.91 Å². The number of likely N-dealkylation sites (tertiary alicyclic amines) is 1. The number of amides is 1. The van der Waals surface area contributed by atoms with Gasteiger partial charge in [0, 0.05) is 35.6 Å². The van der Waals surface area contributed by atoms with Gasteiger partial charge in [0.15, 0.2) is 0 Å². The largest absolute Gasteiger partial charge is 0.381 e. The van der Waals surface area contributed by atoms with Gasteiger partial charge in [0.05, 0.1) is 13.2 Å². The quantitative estimate of drug-likeness (QED) is 0.840. The highest BCUT2D eigenvalue weighted by atomic mass is 35.5. The van der Waals surface area contributed by atoms with E-state index in [1.807, 2.05) is 0 Å². The molecule has 3 nitrogen and oxygen atoms in total. The molecule has 0 N–H and O–H groups in total. The zero-order valence-corrected chi connectivity index (χ0v) is 12.0. The number of nitrogens with zero attached hydrogens (tertiary/aromatic N) is 1. The molecule has 1 spiro atoms. The molecule has 0 radical (unpaired) electrons. The first-order valence-electron chi connectivity index (χ1n) is 6.88. The first kappa shape index (κ1) is 13.8. The van der Waals surface area contributed by atoms with Crippen LogP contribution in [0.5, 0.6) is 0 Å². The maximum Gasteiger partial charge on any atom is 0.222 e. The fourth-order valence-electron chi connectivity index (χ4n) is 3.09. The van der Waals surface area contributed by atoms with E-state index in [0.717, 1.165) is 19.4 Å². The molecule has 3 rings (SSSR count). The van der Waals surface area contributed by atoms with Crippen molar-refractivity contribution in [3.63, 3.8) is 0 Å². The number of hydrogen-bond donors (Lipinski definition) is 0. The fraction of sp³-hybridized carbons (Fsp3) is 0.533. The highest BCUT2D eigenvalue weighted by Crippen LogP contribution is 2.38. The van der Waals surface area contributed by atoms with Crippen LogP contribution in [0.25, 0.3) is 0 Å². The van der Waals surface area contributed by atoms with Crippen molar-refractivity contribution in [2.45, 2.75) is 25.8 Å². The molecule has 0 aliphatic carbocycles. The van der Waals surface area contributed by atoms with E-state index in [0.29, 0.717) is 30.2 Å². The molecule has 20 heavy (non-hydrogen) atoms. The molecule has 2 heterocycles. The molecule has 1 aromatic rings. The Bertz CT molecular complexity index is 508. The van der Waals surface area contributed by atoms with Gasteiger partial charge in [0.25, 0.3) is 0 Å². The summed E-state index contributed by atoms with van der Waals surface area (Å²) in [5, 5.41) is 0.375. The van der Waals surface area contributed by atoms with Crippen LogP contribution in [0.15, 0.2) is 18.2 Å². The topological polar surface area (TPSA) is 29.5 Å². The van der Waals surface area contributed by atoms with Crippen molar-refractivity contribution in [3.05, 3.63) is 34.6 Å². The van der Waals surface area contributed by atoms with E-state index < -0.39 is 0 Å². The van der Waals surface area contributed by atoms with E-state index in [1.165, 1.54) is 6.07 Å². The molecular weight excluding hydrogens is 281 g/mol. The van der Waals surface area contributed by atoms with Gasteiger partial charge in [-0.15, -0.1) is 0 Å². The van der Waals surface area contributed by atoms with Crippen LogP contribution in [0.3, 0.4) is 0 Å². The third-order valence-electron chi connectivity index (χ3n) is 4.34. The monoisotopic (exact) mass is 297 g/mol. The van der Waals surface area contributed by atoms with Crippen molar-refractivity contribution < 1.29 is 13.9 Å². The van der Waals surface area contributed by atoms with E-state index in [2.05, 4.69) is 0 Å². The van der Waals surface area contributed by atoms with Gasteiger partial charge >= 0.3 is 0 Å². The number of carbonyl (C=O) groups excluding carboxylic acids is 1. The third kappa shape index (κ3) is 2.54. The summed E-state index contributed by atoms with van der Waals surface area (Å²) >= 11 is 6.04. The minimum Gasteiger partial charge on any atom is -0.381 e. The van der Waals surface area contributed by atoms with Crippen LogP contribution in [-0.4, -0.2) is 30.6 Å². The van der Waals surface area contributed by atoms with Crippen LogP contribution in [0.1, 0.15) is 24.8 Å². The van der Waals surface area contributed by atoms with E-state index in [4.69, 9.17) is 16.3 Å². The van der Waals surface area contributed by atoms with E-state index in [1.54, 1.807) is 17.0 Å². The molecule has 5 heteroatoms. The molecule has 2 aliphatic heterocycles. The van der Waals surface area contributed by atoms with Crippen LogP contribution in [0.4, 0.5) is 4.39 Å². The van der Waals surface area contributed by atoms with E-state index in [9.17, 15) is 9.18 Å². The van der Waals surface area contributed by atoms with Crippen LogP contribution in [0.2, 0.25) is 5.02 Å². The molecule has 0 bridgehead atoms. The Morgan fingerprint density at radius 2 is 2.25 bits per heavy atom. The minimum atomic E-state index is -0.354. The summed E-state index contributed by atoms with van der Waals surface area (Å²) in [4.78, 5) is 13.8. The van der Waals surface area contributed by atoms with Crippen molar-refractivity contribution in [2.75, 3.05) is 19.8 Å². The predicted molar refractivity (Wildman–Crippen MR) is 73.9 cm³/mol. The number of carbonyl (C=O) groups is 1. The first-order chi connectivity index (χ1) is 9.60. The molecular formula is C15H17ClFNO2. The molecule has 0 aromatic heterocycles. The van der Waals surface area contributed by atoms with Crippen molar-refractivity contribution in [1.29, 1.82) is 0 Å². The number of ether oxygens (including phenoxy) is 1. The summed E-state index contributed by atoms with van der Waals surface area (Å²) in [6.07, 6.45) is 2.35. The second-order valence-electron chi connectivity index (χ2n) is 5.75. The van der Waals surface area contributed by atoms with Gasteiger partial charge in [-0.1, -0.05) is 17.7 Å². The van der Waals surface area contributed by atoms with Gasteiger partial charge in [-0.3, -0.25) is 4.79 Å². The van der Waals surface area contributed by atoms with Gasteiger partial charge in [-0.25, -0.2) is 4.39 Å². The second kappa shape index (κ2) is 5.34. The van der Waals surface area contributed by atoms with Crippen LogP contribution in [-0.2, 0) is 16.1 Å². The number of hydrogen-bond acceptors (Lipinski definition) is 2. The molecule has 1 aromatic carbocycles. The summed E-state index contributed by atoms with van der Waals surface area (Å²) < 4.78 is 19.3. The molecule has 2 aliphatic rings. The van der Waals surface area contributed by atoms with Gasteiger partial charge < -0.3 is 9.64 Å². The average molecular weight is 298 g/mol. The number of piperidine rings is 1. The Kier molecular flexibility index (Phi) is 3.69. The predicted octanol–water partition coefficient (Wildman–Crippen LogP) is 3.01. The Balaban J connectivity index is 1.80. The molecule has 2 fully saturated rings. The fourth-order valence-corrected chi connectivity index (χ4v) is 3.31. The Hall–Kier alpha value is -1.13. The third-order valence-corrected chi connectivity index (χ3v) is 4.70. The summed E-state index contributed by atoms with van der Waals surface area (Å²) in [5.74, 6) is -0.283. The Labute approximate surface area is 122 Å². The number of benzene rings is 1. The molecule has 2 saturated heterocycles. The molecule has 108 valence electrons. The lowest BCUT2D eigenvalue weighted by atomic mass is 9.79. The van der Waals surface area contributed by atoms with Crippen molar-refractivity contribution in [1.82, 2.24) is 4.90 Å². The van der Waals surface area contributed by atoms with Crippen LogP contribution >= 0.6 is 11.6 Å². The lowest BCUT2D eigenvalue weighted by Gasteiger charge is -2.39. The SMILES string of the molecule is O=C1CCC2(CCOC2)CN1Cc1c(F)cccc1Cl. The summed E-state index contributed by atoms with van der Waals surface area (Å²) in [5.41, 5.74) is 0.463. The number of halogens is 2. The Morgan fingerprint density at radius 3 is 2.95 bits per heavy atom. The molecule has 1 atom stereocenters. The van der Waals surface area contributed by atoms with Crippen molar-refractivity contribution in [2.24, 2.45) is 5.41 Å². The zero-order valence-electron chi connectivity index (χ0n) is 11.2. The summed E-state index contributed by atoms with van der Waals surface area (Å²) in [6.45, 7) is 2.33. The zero-order chi connectivity index (χ0) is 14.2. The van der Waals surface area contributed by atoms with Gasteiger partial charge in [0.1, 0.15) is 5.82 Å². The second-order valence-corrected chi connectivity index (χ2v) is 6.16. The van der Waals surface area contributed by atoms with Crippen molar-refractivity contribution >= 4 is 17.5 Å². The minimum absolute atomic E-state index is 0.0612. The van der Waals surface area contributed by atoms with E-state index >= 15 is 0 Å². The van der Waals surface area contributed by atoms with E-state index in [-0.39, 0.29) is 23.7 Å².